The minimum absolute atomic E-state index is 0.0655. The van der Waals surface area contributed by atoms with Gasteiger partial charge in [-0.15, -0.1) is 11.3 Å². The molecule has 102 valence electrons. The predicted octanol–water partition coefficient (Wildman–Crippen LogP) is 1.64. The zero-order valence-electron chi connectivity index (χ0n) is 11.0. The van der Waals surface area contributed by atoms with Gasteiger partial charge in [-0.3, -0.25) is 0 Å². The van der Waals surface area contributed by atoms with E-state index in [2.05, 4.69) is 22.1 Å². The number of piperidine rings is 1. The van der Waals surface area contributed by atoms with Gasteiger partial charge in [0.2, 0.25) is 0 Å². The van der Waals surface area contributed by atoms with E-state index >= 15 is 0 Å². The molecule has 1 unspecified atom stereocenters. The minimum atomic E-state index is -0.0655. The molecule has 1 fully saturated rings. The van der Waals surface area contributed by atoms with Crippen LogP contribution in [-0.4, -0.2) is 47.3 Å². The third-order valence-electron chi connectivity index (χ3n) is 3.48. The molecule has 1 atom stereocenters. The number of rotatable bonds is 6. The molecule has 1 aliphatic heterocycles. The van der Waals surface area contributed by atoms with E-state index in [4.69, 9.17) is 0 Å². The summed E-state index contributed by atoms with van der Waals surface area (Å²) < 4.78 is 0. The summed E-state index contributed by atoms with van der Waals surface area (Å²) in [6, 6.07) is 0.355. The van der Waals surface area contributed by atoms with Crippen LogP contribution in [0.3, 0.4) is 0 Å². The van der Waals surface area contributed by atoms with Crippen LogP contribution in [0.5, 0.6) is 0 Å². The maximum atomic E-state index is 9.43. The van der Waals surface area contributed by atoms with Crippen LogP contribution in [0.1, 0.15) is 37.2 Å². The van der Waals surface area contributed by atoms with Gasteiger partial charge >= 0.3 is 0 Å². The first-order valence-electron chi connectivity index (χ1n) is 6.79. The second kappa shape index (κ2) is 7.19. The number of aliphatic hydroxyl groups excluding tert-OH is 1. The van der Waals surface area contributed by atoms with Crippen LogP contribution in [-0.2, 0) is 0 Å². The molecule has 5 heteroatoms. The minimum Gasteiger partial charge on any atom is -0.393 e. The van der Waals surface area contributed by atoms with Crippen molar-refractivity contribution < 1.29 is 5.11 Å². The molecule has 2 heterocycles. The zero-order valence-corrected chi connectivity index (χ0v) is 11.8. The lowest BCUT2D eigenvalue weighted by Gasteiger charge is -2.29. The largest absolute Gasteiger partial charge is 0.393 e. The Kier molecular flexibility index (Phi) is 5.56. The summed E-state index contributed by atoms with van der Waals surface area (Å²) in [4.78, 5) is 6.76. The number of thiazole rings is 1. The number of likely N-dealkylation sites (tertiary alicyclic amines) is 1. The van der Waals surface area contributed by atoms with Crippen molar-refractivity contribution >= 4 is 11.3 Å². The maximum Gasteiger partial charge on any atom is 0.109 e. The second-order valence-corrected chi connectivity index (χ2v) is 5.90. The first-order valence-corrected chi connectivity index (χ1v) is 7.67. The van der Waals surface area contributed by atoms with E-state index in [1.54, 1.807) is 11.3 Å². The van der Waals surface area contributed by atoms with Crippen molar-refractivity contribution in [1.82, 2.24) is 15.2 Å². The fourth-order valence-corrected chi connectivity index (χ4v) is 2.97. The third kappa shape index (κ3) is 4.31. The molecular formula is C13H23N3OS. The van der Waals surface area contributed by atoms with Crippen molar-refractivity contribution in [3.05, 3.63) is 16.6 Å². The van der Waals surface area contributed by atoms with Crippen LogP contribution in [0.25, 0.3) is 0 Å². The Bertz CT molecular complexity index is 323. The van der Waals surface area contributed by atoms with E-state index in [0.29, 0.717) is 6.04 Å². The van der Waals surface area contributed by atoms with Gasteiger partial charge in [0.1, 0.15) is 5.01 Å². The summed E-state index contributed by atoms with van der Waals surface area (Å²) >= 11 is 1.71. The predicted molar refractivity (Wildman–Crippen MR) is 74.8 cm³/mol. The molecule has 1 aliphatic rings. The van der Waals surface area contributed by atoms with Crippen LogP contribution in [0.2, 0.25) is 0 Å². The molecule has 1 aromatic rings. The third-order valence-corrected chi connectivity index (χ3v) is 4.44. The number of aliphatic hydroxyl groups is 1. The van der Waals surface area contributed by atoms with Crippen molar-refractivity contribution in [1.29, 1.82) is 0 Å². The lowest BCUT2D eigenvalue weighted by molar-refractivity contribution is 0.0820. The number of hydrogen-bond donors (Lipinski definition) is 2. The van der Waals surface area contributed by atoms with Crippen molar-refractivity contribution in [2.75, 3.05) is 26.2 Å². The van der Waals surface area contributed by atoms with Crippen LogP contribution in [0.4, 0.5) is 0 Å². The van der Waals surface area contributed by atoms with E-state index in [9.17, 15) is 5.11 Å². The number of aromatic nitrogens is 1. The van der Waals surface area contributed by atoms with Gasteiger partial charge in [-0.25, -0.2) is 4.98 Å². The highest BCUT2D eigenvalue weighted by Gasteiger charge is 2.16. The lowest BCUT2D eigenvalue weighted by Crippen LogP contribution is -2.37. The zero-order chi connectivity index (χ0) is 12.8. The maximum absolute atomic E-state index is 9.43. The van der Waals surface area contributed by atoms with Gasteiger partial charge in [0, 0.05) is 24.7 Å². The lowest BCUT2D eigenvalue weighted by atomic mass is 10.1. The average molecular weight is 269 g/mol. The Morgan fingerprint density at radius 3 is 3.00 bits per heavy atom. The SMILES string of the molecule is CC(NCCCN1CCC(O)CC1)c1nccs1. The molecule has 0 radical (unpaired) electrons. The number of hydrogen-bond acceptors (Lipinski definition) is 5. The van der Waals surface area contributed by atoms with Gasteiger partial charge < -0.3 is 15.3 Å². The Hall–Kier alpha value is -0.490. The first kappa shape index (κ1) is 13.9. The summed E-state index contributed by atoms with van der Waals surface area (Å²) in [7, 11) is 0. The molecule has 2 rings (SSSR count). The molecule has 0 aromatic carbocycles. The summed E-state index contributed by atoms with van der Waals surface area (Å²) in [5, 5.41) is 16.1. The van der Waals surface area contributed by atoms with Gasteiger partial charge in [0.15, 0.2) is 0 Å². The summed E-state index contributed by atoms with van der Waals surface area (Å²) in [5.74, 6) is 0. The smallest absolute Gasteiger partial charge is 0.109 e. The monoisotopic (exact) mass is 269 g/mol. The summed E-state index contributed by atoms with van der Waals surface area (Å²) in [6.07, 6.45) is 4.82. The molecular weight excluding hydrogens is 246 g/mol. The number of nitrogens with zero attached hydrogens (tertiary/aromatic N) is 2. The van der Waals surface area contributed by atoms with E-state index in [1.165, 1.54) is 0 Å². The molecule has 2 N–H and O–H groups in total. The van der Waals surface area contributed by atoms with Crippen molar-refractivity contribution in [2.24, 2.45) is 0 Å². The Morgan fingerprint density at radius 2 is 2.33 bits per heavy atom. The van der Waals surface area contributed by atoms with Crippen LogP contribution in [0.15, 0.2) is 11.6 Å². The molecule has 1 aromatic heterocycles. The van der Waals surface area contributed by atoms with Gasteiger partial charge in [0.05, 0.1) is 12.1 Å². The van der Waals surface area contributed by atoms with Gasteiger partial charge in [-0.05, 0) is 39.3 Å². The molecule has 0 amide bonds. The Morgan fingerprint density at radius 1 is 1.56 bits per heavy atom. The van der Waals surface area contributed by atoms with Crippen LogP contribution >= 0.6 is 11.3 Å². The van der Waals surface area contributed by atoms with Gasteiger partial charge in [-0.2, -0.15) is 0 Å². The highest BCUT2D eigenvalue weighted by atomic mass is 32.1. The average Bonchev–Trinajstić information content (AvgIpc) is 2.90. The topological polar surface area (TPSA) is 48.4 Å². The summed E-state index contributed by atoms with van der Waals surface area (Å²) in [5.41, 5.74) is 0. The van der Waals surface area contributed by atoms with Crippen LogP contribution < -0.4 is 5.32 Å². The molecule has 0 bridgehead atoms. The standard InChI is InChI=1S/C13H23N3OS/c1-11(13-15-6-10-18-13)14-5-2-7-16-8-3-12(17)4-9-16/h6,10-12,14,17H,2-5,7-9H2,1H3. The fraction of sp³-hybridized carbons (Fsp3) is 0.769. The first-order chi connectivity index (χ1) is 8.75. The van der Waals surface area contributed by atoms with Gasteiger partial charge in [0.25, 0.3) is 0 Å². The molecule has 1 saturated heterocycles. The normalized spacial score (nSPS) is 20.1. The Balaban J connectivity index is 1.56. The molecule has 0 spiro atoms. The highest BCUT2D eigenvalue weighted by molar-refractivity contribution is 7.09. The van der Waals surface area contributed by atoms with Crippen molar-refractivity contribution in [3.63, 3.8) is 0 Å². The Labute approximate surface area is 113 Å². The van der Waals surface area contributed by atoms with E-state index in [-0.39, 0.29) is 6.10 Å². The van der Waals surface area contributed by atoms with Gasteiger partial charge in [-0.1, -0.05) is 0 Å². The van der Waals surface area contributed by atoms with Crippen molar-refractivity contribution in [3.8, 4) is 0 Å². The molecule has 4 nitrogen and oxygen atoms in total. The quantitative estimate of drug-likeness (QED) is 0.771. The molecule has 0 saturated carbocycles. The van der Waals surface area contributed by atoms with Crippen LogP contribution in [0, 0.1) is 0 Å². The highest BCUT2D eigenvalue weighted by Crippen LogP contribution is 2.14. The molecule has 0 aliphatic carbocycles. The van der Waals surface area contributed by atoms with E-state index < -0.39 is 0 Å². The second-order valence-electron chi connectivity index (χ2n) is 4.97. The number of nitrogens with one attached hydrogen (secondary N) is 1. The molecule has 18 heavy (non-hydrogen) atoms. The fourth-order valence-electron chi connectivity index (χ4n) is 2.30. The van der Waals surface area contributed by atoms with Crippen molar-refractivity contribution in [2.45, 2.75) is 38.3 Å². The van der Waals surface area contributed by atoms with E-state index in [1.807, 2.05) is 11.6 Å². The summed E-state index contributed by atoms with van der Waals surface area (Å²) in [6.45, 7) is 6.41. The van der Waals surface area contributed by atoms with E-state index in [0.717, 1.165) is 50.4 Å².